The molecule has 0 aliphatic carbocycles. The van der Waals surface area contributed by atoms with E-state index >= 15 is 0 Å². The normalized spacial score (nSPS) is 10.8. The zero-order chi connectivity index (χ0) is 14.0. The van der Waals surface area contributed by atoms with E-state index in [-0.39, 0.29) is 11.9 Å². The van der Waals surface area contributed by atoms with E-state index in [1.807, 2.05) is 42.7 Å². The lowest BCUT2D eigenvalue weighted by atomic mass is 10.3. The van der Waals surface area contributed by atoms with Crippen molar-refractivity contribution in [2.45, 2.75) is 19.9 Å². The molecule has 5 heteroatoms. The van der Waals surface area contributed by atoms with Crippen molar-refractivity contribution in [3.8, 4) is 0 Å². The van der Waals surface area contributed by atoms with Gasteiger partial charge in [0.1, 0.15) is 5.69 Å². The van der Waals surface area contributed by atoms with E-state index in [0.717, 1.165) is 10.2 Å². The van der Waals surface area contributed by atoms with Crippen LogP contribution in [0.1, 0.15) is 30.4 Å². The van der Waals surface area contributed by atoms with E-state index in [1.54, 1.807) is 12.3 Å². The number of halogens is 2. The van der Waals surface area contributed by atoms with Crippen LogP contribution in [-0.2, 0) is 0 Å². The van der Waals surface area contributed by atoms with Crippen molar-refractivity contribution in [1.82, 2.24) is 4.57 Å². The second kappa shape index (κ2) is 5.80. The fraction of sp³-hybridized carbons (Fsp3) is 0.214. The van der Waals surface area contributed by atoms with Crippen molar-refractivity contribution in [3.63, 3.8) is 0 Å². The fourth-order valence-electron chi connectivity index (χ4n) is 1.82. The first-order valence-corrected chi connectivity index (χ1v) is 7.09. The minimum atomic E-state index is -0.168. The van der Waals surface area contributed by atoms with Crippen LogP contribution in [0.2, 0.25) is 5.02 Å². The predicted octanol–water partition coefficient (Wildman–Crippen LogP) is 4.74. The lowest BCUT2D eigenvalue weighted by Crippen LogP contribution is -2.17. The molecule has 19 heavy (non-hydrogen) atoms. The van der Waals surface area contributed by atoms with Crippen LogP contribution in [0.15, 0.2) is 41.0 Å². The van der Waals surface area contributed by atoms with Gasteiger partial charge in [-0.1, -0.05) is 33.6 Å². The Morgan fingerprint density at radius 3 is 2.74 bits per heavy atom. The van der Waals surface area contributed by atoms with Crippen molar-refractivity contribution in [1.29, 1.82) is 0 Å². The molecule has 0 aliphatic rings. The number of aromatic nitrogens is 1. The quantitative estimate of drug-likeness (QED) is 0.860. The smallest absolute Gasteiger partial charge is 0.272 e. The molecule has 0 bridgehead atoms. The molecular weight excluding hydrogens is 328 g/mol. The van der Waals surface area contributed by atoms with E-state index in [1.165, 1.54) is 0 Å². The maximum atomic E-state index is 12.3. The molecule has 0 unspecified atom stereocenters. The maximum absolute atomic E-state index is 12.3. The molecule has 0 atom stereocenters. The Bertz CT molecular complexity index is 607. The summed E-state index contributed by atoms with van der Waals surface area (Å²) in [6, 6.07) is 9.32. The first kappa shape index (κ1) is 14.2. The van der Waals surface area contributed by atoms with Crippen LogP contribution in [0.3, 0.4) is 0 Å². The highest BCUT2D eigenvalue weighted by atomic mass is 79.9. The third-order valence-electron chi connectivity index (χ3n) is 2.69. The van der Waals surface area contributed by atoms with Crippen LogP contribution >= 0.6 is 27.5 Å². The van der Waals surface area contributed by atoms with Gasteiger partial charge in [-0.3, -0.25) is 4.79 Å². The average molecular weight is 342 g/mol. The van der Waals surface area contributed by atoms with Crippen molar-refractivity contribution in [2.24, 2.45) is 0 Å². The Labute approximate surface area is 125 Å². The summed E-state index contributed by atoms with van der Waals surface area (Å²) in [5, 5.41) is 3.42. The number of amides is 1. The number of hydrogen-bond acceptors (Lipinski definition) is 1. The molecule has 1 amide bonds. The number of anilines is 1. The average Bonchev–Trinajstić information content (AvgIpc) is 2.71. The van der Waals surface area contributed by atoms with Gasteiger partial charge in [0.25, 0.3) is 5.91 Å². The SMILES string of the molecule is CC(C)n1cc(Cl)cc1C(=O)Nc1cccc(Br)c1. The maximum Gasteiger partial charge on any atom is 0.272 e. The Morgan fingerprint density at radius 2 is 2.11 bits per heavy atom. The van der Waals surface area contributed by atoms with Gasteiger partial charge in [0.05, 0.1) is 5.02 Å². The van der Waals surface area contributed by atoms with Crippen LogP contribution in [0.5, 0.6) is 0 Å². The van der Waals surface area contributed by atoms with Crippen LogP contribution < -0.4 is 5.32 Å². The van der Waals surface area contributed by atoms with Crippen LogP contribution in [0.4, 0.5) is 5.69 Å². The van der Waals surface area contributed by atoms with E-state index in [4.69, 9.17) is 11.6 Å². The first-order chi connectivity index (χ1) is 8.97. The fourth-order valence-corrected chi connectivity index (χ4v) is 2.42. The van der Waals surface area contributed by atoms with Crippen molar-refractivity contribution in [2.75, 3.05) is 5.32 Å². The van der Waals surface area contributed by atoms with Crippen LogP contribution in [0, 0.1) is 0 Å². The van der Waals surface area contributed by atoms with Crippen molar-refractivity contribution in [3.05, 3.63) is 51.7 Å². The second-order valence-corrected chi connectivity index (χ2v) is 5.86. The summed E-state index contributed by atoms with van der Waals surface area (Å²) in [6.45, 7) is 4.01. The highest BCUT2D eigenvalue weighted by Gasteiger charge is 2.15. The van der Waals surface area contributed by atoms with Gasteiger partial charge in [0.2, 0.25) is 0 Å². The zero-order valence-corrected chi connectivity index (χ0v) is 13.0. The predicted molar refractivity (Wildman–Crippen MR) is 81.9 cm³/mol. The number of benzene rings is 1. The van der Waals surface area contributed by atoms with Gasteiger partial charge < -0.3 is 9.88 Å². The third-order valence-corrected chi connectivity index (χ3v) is 3.39. The summed E-state index contributed by atoms with van der Waals surface area (Å²) in [6.07, 6.45) is 1.77. The molecule has 0 fully saturated rings. The molecule has 2 rings (SSSR count). The van der Waals surface area contributed by atoms with E-state index in [0.29, 0.717) is 10.7 Å². The standard InChI is InChI=1S/C14H14BrClN2O/c1-9(2)18-8-11(16)7-13(18)14(19)17-12-5-3-4-10(15)6-12/h3-9H,1-2H3,(H,17,19). The zero-order valence-electron chi connectivity index (χ0n) is 10.7. The summed E-state index contributed by atoms with van der Waals surface area (Å²) < 4.78 is 2.78. The van der Waals surface area contributed by atoms with Crippen LogP contribution in [0.25, 0.3) is 0 Å². The minimum absolute atomic E-state index is 0.168. The Kier molecular flexibility index (Phi) is 4.32. The molecule has 1 heterocycles. The van der Waals surface area contributed by atoms with Gasteiger partial charge in [-0.15, -0.1) is 0 Å². The minimum Gasteiger partial charge on any atom is -0.339 e. The topological polar surface area (TPSA) is 34.0 Å². The Morgan fingerprint density at radius 1 is 1.37 bits per heavy atom. The number of nitrogens with zero attached hydrogens (tertiary/aromatic N) is 1. The number of carbonyl (C=O) groups excluding carboxylic acids is 1. The molecule has 1 N–H and O–H groups in total. The molecule has 0 aliphatic heterocycles. The lowest BCUT2D eigenvalue weighted by Gasteiger charge is -2.12. The van der Waals surface area contributed by atoms with Gasteiger partial charge in [-0.05, 0) is 38.1 Å². The highest BCUT2D eigenvalue weighted by molar-refractivity contribution is 9.10. The molecule has 0 spiro atoms. The summed E-state index contributed by atoms with van der Waals surface area (Å²) in [5.41, 5.74) is 1.30. The van der Waals surface area contributed by atoms with Crippen molar-refractivity contribution < 1.29 is 4.79 Å². The van der Waals surface area contributed by atoms with Gasteiger partial charge in [0.15, 0.2) is 0 Å². The summed E-state index contributed by atoms with van der Waals surface area (Å²) in [5.74, 6) is -0.168. The molecule has 0 saturated heterocycles. The largest absolute Gasteiger partial charge is 0.339 e. The summed E-state index contributed by atoms with van der Waals surface area (Å²) in [7, 11) is 0. The number of rotatable bonds is 3. The van der Waals surface area contributed by atoms with E-state index < -0.39 is 0 Å². The molecular formula is C14H14BrClN2O. The monoisotopic (exact) mass is 340 g/mol. The molecule has 1 aromatic heterocycles. The summed E-state index contributed by atoms with van der Waals surface area (Å²) >= 11 is 9.35. The van der Waals surface area contributed by atoms with E-state index in [9.17, 15) is 4.79 Å². The molecule has 1 aromatic carbocycles. The summed E-state index contributed by atoms with van der Waals surface area (Å²) in [4.78, 5) is 12.3. The number of hydrogen-bond donors (Lipinski definition) is 1. The van der Waals surface area contributed by atoms with Gasteiger partial charge in [0, 0.05) is 22.4 Å². The Balaban J connectivity index is 2.25. The second-order valence-electron chi connectivity index (χ2n) is 4.51. The highest BCUT2D eigenvalue weighted by Crippen LogP contribution is 2.21. The first-order valence-electron chi connectivity index (χ1n) is 5.91. The van der Waals surface area contributed by atoms with Crippen LogP contribution in [-0.4, -0.2) is 10.5 Å². The lowest BCUT2D eigenvalue weighted by molar-refractivity contribution is 0.101. The molecule has 3 nitrogen and oxygen atoms in total. The molecule has 0 saturated carbocycles. The molecule has 2 aromatic rings. The third kappa shape index (κ3) is 3.39. The van der Waals surface area contributed by atoms with Crippen molar-refractivity contribution >= 4 is 39.1 Å². The van der Waals surface area contributed by atoms with Gasteiger partial charge in [-0.2, -0.15) is 0 Å². The molecule has 0 radical (unpaired) electrons. The number of carbonyl (C=O) groups is 1. The van der Waals surface area contributed by atoms with E-state index in [2.05, 4.69) is 21.2 Å². The Hall–Kier alpha value is -1.26. The van der Waals surface area contributed by atoms with Gasteiger partial charge >= 0.3 is 0 Å². The van der Waals surface area contributed by atoms with Gasteiger partial charge in [-0.25, -0.2) is 0 Å². The number of nitrogens with one attached hydrogen (secondary N) is 1. The molecule has 100 valence electrons.